The molecular formula is C16H20N2O7S. The molecule has 4 fully saturated rings. The zero-order valence-electron chi connectivity index (χ0n) is 14.0. The Morgan fingerprint density at radius 1 is 1.15 bits per heavy atom. The highest BCUT2D eigenvalue weighted by Gasteiger charge is 2.61. The summed E-state index contributed by atoms with van der Waals surface area (Å²) in [5.74, 6) is -1.52. The third-order valence-electron chi connectivity index (χ3n) is 5.60. The van der Waals surface area contributed by atoms with Crippen molar-refractivity contribution in [1.82, 2.24) is 9.55 Å². The van der Waals surface area contributed by atoms with Crippen LogP contribution in [-0.2, 0) is 24.4 Å². The predicted molar refractivity (Wildman–Crippen MR) is 86.8 cm³/mol. The molecule has 5 rings (SSSR count). The number of carbonyl (C=O) groups is 2. The minimum absolute atomic E-state index is 0.255. The zero-order chi connectivity index (χ0) is 18.6. The predicted octanol–water partition coefficient (Wildman–Crippen LogP) is 1.39. The number of esters is 1. The molecule has 9 nitrogen and oxygen atoms in total. The van der Waals surface area contributed by atoms with Gasteiger partial charge in [-0.1, -0.05) is 0 Å². The molecule has 1 aromatic heterocycles. The van der Waals surface area contributed by atoms with Crippen molar-refractivity contribution in [3.63, 3.8) is 0 Å². The van der Waals surface area contributed by atoms with Gasteiger partial charge in [-0.25, -0.2) is 14.3 Å². The van der Waals surface area contributed by atoms with Crippen LogP contribution in [0.4, 0.5) is 4.79 Å². The van der Waals surface area contributed by atoms with Gasteiger partial charge in [0.2, 0.25) is 0 Å². The maximum Gasteiger partial charge on any atom is 0.419 e. The molecule has 1 heterocycles. The molecule has 1 N–H and O–H groups in total. The Morgan fingerprint density at radius 2 is 1.77 bits per heavy atom. The smallest absolute Gasteiger partial charge is 0.419 e. The van der Waals surface area contributed by atoms with Crippen molar-refractivity contribution in [1.29, 1.82) is 0 Å². The average molecular weight is 384 g/mol. The normalized spacial score (nSPS) is 35.3. The molecule has 4 aliphatic rings. The van der Waals surface area contributed by atoms with Gasteiger partial charge in [-0.3, -0.25) is 9.35 Å². The zero-order valence-corrected chi connectivity index (χ0v) is 14.9. The molecule has 0 aromatic carbocycles. The lowest BCUT2D eigenvalue weighted by Crippen LogP contribution is -2.62. The number of ether oxygens (including phenoxy) is 2. The molecular weight excluding hydrogens is 364 g/mol. The van der Waals surface area contributed by atoms with E-state index in [-0.39, 0.29) is 11.8 Å². The average Bonchev–Trinajstić information content (AvgIpc) is 2.95. The lowest BCUT2D eigenvalue weighted by molar-refractivity contribution is -0.217. The van der Waals surface area contributed by atoms with E-state index >= 15 is 0 Å². The molecule has 0 aliphatic heterocycles. The molecule has 4 aliphatic carbocycles. The summed E-state index contributed by atoms with van der Waals surface area (Å²) < 4.78 is 43.4. The van der Waals surface area contributed by atoms with Crippen molar-refractivity contribution in [3.8, 4) is 0 Å². The summed E-state index contributed by atoms with van der Waals surface area (Å²) in [4.78, 5) is 28.2. The van der Waals surface area contributed by atoms with Crippen molar-refractivity contribution < 1.29 is 32.0 Å². The van der Waals surface area contributed by atoms with Gasteiger partial charge in [0.15, 0.2) is 5.75 Å². The fourth-order valence-corrected chi connectivity index (χ4v) is 5.72. The highest BCUT2D eigenvalue weighted by Crippen LogP contribution is 2.60. The second-order valence-electron chi connectivity index (χ2n) is 7.87. The molecule has 0 amide bonds. The summed E-state index contributed by atoms with van der Waals surface area (Å²) >= 11 is 0. The van der Waals surface area contributed by atoms with Crippen LogP contribution in [0.15, 0.2) is 18.7 Å². The van der Waals surface area contributed by atoms with E-state index < -0.39 is 39.1 Å². The third-order valence-corrected chi connectivity index (χ3v) is 6.20. The SMILES string of the molecule is O=C(CS(=O)(=O)O)OC12CC3CC(C1)CC(OC(=O)n1ccnc1)(C3)C2. The van der Waals surface area contributed by atoms with Gasteiger partial charge in [0.05, 0.1) is 0 Å². The summed E-state index contributed by atoms with van der Waals surface area (Å²) in [5, 5.41) is 0. The highest BCUT2D eigenvalue weighted by atomic mass is 32.2. The van der Waals surface area contributed by atoms with Gasteiger partial charge < -0.3 is 9.47 Å². The first-order valence-corrected chi connectivity index (χ1v) is 10.2. The number of carbonyl (C=O) groups excluding carboxylic acids is 2. The number of hydrogen-bond donors (Lipinski definition) is 1. The summed E-state index contributed by atoms with van der Waals surface area (Å²) in [6, 6.07) is 0. The Kier molecular flexibility index (Phi) is 3.88. The summed E-state index contributed by atoms with van der Waals surface area (Å²) in [7, 11) is -4.44. The van der Waals surface area contributed by atoms with E-state index in [1.165, 1.54) is 23.3 Å². The van der Waals surface area contributed by atoms with E-state index in [2.05, 4.69) is 4.98 Å². The van der Waals surface area contributed by atoms with Crippen LogP contribution in [0, 0.1) is 11.8 Å². The summed E-state index contributed by atoms with van der Waals surface area (Å²) in [6.07, 6.45) is 7.85. The molecule has 0 radical (unpaired) electrons. The van der Waals surface area contributed by atoms with Crippen LogP contribution < -0.4 is 0 Å². The largest absolute Gasteiger partial charge is 0.458 e. The highest BCUT2D eigenvalue weighted by molar-refractivity contribution is 7.86. The van der Waals surface area contributed by atoms with E-state index in [1.807, 2.05) is 0 Å². The van der Waals surface area contributed by atoms with Gasteiger partial charge in [0, 0.05) is 18.8 Å². The Bertz CT molecular complexity index is 819. The molecule has 10 heteroatoms. The minimum Gasteiger partial charge on any atom is -0.458 e. The van der Waals surface area contributed by atoms with E-state index in [9.17, 15) is 18.0 Å². The van der Waals surface area contributed by atoms with Gasteiger partial charge in [-0.05, 0) is 43.9 Å². The Labute approximate surface area is 150 Å². The van der Waals surface area contributed by atoms with Crippen molar-refractivity contribution in [3.05, 3.63) is 18.7 Å². The standard InChI is InChI=1S/C16H20N2O7S/c19-13(8-26(21,22)23)24-15-4-11-3-12(5-15)7-16(6-11,9-15)25-14(20)18-2-1-17-10-18/h1-2,10-12H,3-9H2,(H,21,22,23). The van der Waals surface area contributed by atoms with E-state index in [4.69, 9.17) is 14.0 Å². The molecule has 142 valence electrons. The third kappa shape index (κ3) is 3.35. The second kappa shape index (κ2) is 5.78. The van der Waals surface area contributed by atoms with Crippen molar-refractivity contribution in [2.24, 2.45) is 11.8 Å². The topological polar surface area (TPSA) is 125 Å². The Balaban J connectivity index is 1.53. The molecule has 1 aromatic rings. The van der Waals surface area contributed by atoms with Crippen LogP contribution in [0.1, 0.15) is 38.5 Å². The molecule has 2 atom stereocenters. The number of nitrogens with zero attached hydrogens (tertiary/aromatic N) is 2. The summed E-state index contributed by atoms with van der Waals surface area (Å²) in [6.45, 7) is 0. The lowest BCUT2D eigenvalue weighted by atomic mass is 9.52. The summed E-state index contributed by atoms with van der Waals surface area (Å²) in [5.41, 5.74) is -1.55. The maximum atomic E-state index is 12.4. The molecule has 0 saturated heterocycles. The lowest BCUT2D eigenvalue weighted by Gasteiger charge is -2.60. The van der Waals surface area contributed by atoms with Crippen LogP contribution in [0.2, 0.25) is 0 Å². The second-order valence-corrected chi connectivity index (χ2v) is 9.32. The van der Waals surface area contributed by atoms with Crippen LogP contribution in [0.25, 0.3) is 0 Å². The van der Waals surface area contributed by atoms with Crippen LogP contribution in [-0.4, -0.2) is 51.5 Å². The first-order chi connectivity index (χ1) is 12.2. The first-order valence-electron chi connectivity index (χ1n) is 8.54. The Morgan fingerprint density at radius 3 is 2.31 bits per heavy atom. The quantitative estimate of drug-likeness (QED) is 0.610. The van der Waals surface area contributed by atoms with Crippen LogP contribution in [0.5, 0.6) is 0 Å². The van der Waals surface area contributed by atoms with Gasteiger partial charge in [0.25, 0.3) is 10.1 Å². The maximum absolute atomic E-state index is 12.4. The monoisotopic (exact) mass is 384 g/mol. The van der Waals surface area contributed by atoms with E-state index in [0.717, 1.165) is 6.42 Å². The molecule has 4 saturated carbocycles. The molecule has 26 heavy (non-hydrogen) atoms. The van der Waals surface area contributed by atoms with Crippen LogP contribution >= 0.6 is 0 Å². The number of rotatable bonds is 4. The van der Waals surface area contributed by atoms with Crippen molar-refractivity contribution >= 4 is 22.2 Å². The van der Waals surface area contributed by atoms with Gasteiger partial charge in [-0.2, -0.15) is 8.42 Å². The fourth-order valence-electron chi connectivity index (χ4n) is 5.36. The van der Waals surface area contributed by atoms with E-state index in [1.54, 1.807) is 0 Å². The molecule has 2 unspecified atom stereocenters. The molecule has 4 bridgehead atoms. The number of hydrogen-bond acceptors (Lipinski definition) is 7. The number of aromatic nitrogens is 2. The van der Waals surface area contributed by atoms with E-state index in [0.29, 0.717) is 32.1 Å². The Hall–Kier alpha value is -1.94. The van der Waals surface area contributed by atoms with Gasteiger partial charge in [0.1, 0.15) is 17.5 Å². The fraction of sp³-hybridized carbons (Fsp3) is 0.688. The van der Waals surface area contributed by atoms with Crippen molar-refractivity contribution in [2.45, 2.75) is 49.7 Å². The molecule has 0 spiro atoms. The van der Waals surface area contributed by atoms with Crippen molar-refractivity contribution in [2.75, 3.05) is 5.75 Å². The van der Waals surface area contributed by atoms with Gasteiger partial charge >= 0.3 is 12.1 Å². The minimum atomic E-state index is -4.44. The number of imidazole rings is 1. The first kappa shape index (κ1) is 17.5. The van der Waals surface area contributed by atoms with Gasteiger partial charge in [-0.15, -0.1) is 0 Å². The van der Waals surface area contributed by atoms with Crippen LogP contribution in [0.3, 0.4) is 0 Å².